The molecule has 0 bridgehead atoms. The van der Waals surface area contributed by atoms with Gasteiger partial charge in [-0.05, 0) is 69.5 Å². The lowest BCUT2D eigenvalue weighted by Crippen LogP contribution is -2.36. The van der Waals surface area contributed by atoms with Gasteiger partial charge in [-0.1, -0.05) is 24.8 Å². The summed E-state index contributed by atoms with van der Waals surface area (Å²) in [6.45, 7) is 12.4. The number of hydrogen-bond donors (Lipinski definition) is 1. The summed E-state index contributed by atoms with van der Waals surface area (Å²) in [6.07, 6.45) is 2.75. The first-order chi connectivity index (χ1) is 11.7. The molecule has 0 aliphatic rings. The molecule has 0 spiro atoms. The van der Waals surface area contributed by atoms with Crippen LogP contribution in [-0.4, -0.2) is 35.0 Å². The Kier molecular flexibility index (Phi) is 9.17. The molecular formula is C19H31O4Si2. The largest absolute Gasteiger partial charge is 0.508 e. The number of hydrogen-bond acceptors (Lipinski definition) is 4. The van der Waals surface area contributed by atoms with Gasteiger partial charge in [-0.3, -0.25) is 0 Å². The van der Waals surface area contributed by atoms with Gasteiger partial charge in [-0.25, -0.2) is 4.79 Å². The van der Waals surface area contributed by atoms with Crippen LogP contribution in [0, 0.1) is 0 Å². The average Bonchev–Trinajstić information content (AvgIpc) is 2.52. The molecule has 4 nitrogen and oxygen atoms in total. The topological polar surface area (TPSA) is 55.8 Å². The molecule has 1 N–H and O–H groups in total. The zero-order valence-electron chi connectivity index (χ0n) is 15.9. The van der Waals surface area contributed by atoms with Crippen LogP contribution in [0.1, 0.15) is 25.3 Å². The predicted molar refractivity (Wildman–Crippen MR) is 107 cm³/mol. The van der Waals surface area contributed by atoms with E-state index < -0.39 is 17.4 Å². The minimum Gasteiger partial charge on any atom is -0.508 e. The van der Waals surface area contributed by atoms with Crippen molar-refractivity contribution in [3.05, 3.63) is 42.0 Å². The van der Waals surface area contributed by atoms with Gasteiger partial charge in [0, 0.05) is 5.57 Å². The van der Waals surface area contributed by atoms with Gasteiger partial charge in [-0.2, -0.15) is 0 Å². The van der Waals surface area contributed by atoms with Crippen molar-refractivity contribution >= 4 is 23.3 Å². The maximum Gasteiger partial charge on any atom is 0.333 e. The summed E-state index contributed by atoms with van der Waals surface area (Å²) in [4.78, 5) is 11.3. The second kappa shape index (κ2) is 10.6. The SMILES string of the molecule is C=C(C)C(=O)OCCC[Si](C)O[Si](C)(C)CCCc1ccccc1O. The van der Waals surface area contributed by atoms with Gasteiger partial charge in [0.1, 0.15) is 5.75 Å². The molecule has 1 rings (SSSR count). The number of ether oxygens (including phenoxy) is 1. The molecule has 0 heterocycles. The third-order valence-electron chi connectivity index (χ3n) is 3.92. The van der Waals surface area contributed by atoms with Gasteiger partial charge in [-0.15, -0.1) is 0 Å². The summed E-state index contributed by atoms with van der Waals surface area (Å²) in [7, 11) is -2.56. The van der Waals surface area contributed by atoms with Gasteiger partial charge in [0.2, 0.25) is 0 Å². The lowest BCUT2D eigenvalue weighted by Gasteiger charge is -2.27. The maximum atomic E-state index is 11.3. The number of rotatable bonds is 11. The number of para-hydroxylation sites is 1. The Morgan fingerprint density at radius 2 is 1.96 bits per heavy atom. The number of benzene rings is 1. The minimum absolute atomic E-state index is 0.315. The van der Waals surface area contributed by atoms with Crippen molar-refractivity contribution in [2.75, 3.05) is 6.61 Å². The fourth-order valence-electron chi connectivity index (χ4n) is 2.61. The van der Waals surface area contributed by atoms with E-state index >= 15 is 0 Å². The van der Waals surface area contributed by atoms with Crippen LogP contribution >= 0.6 is 0 Å². The fourth-order valence-corrected chi connectivity index (χ4v) is 8.87. The molecule has 0 aliphatic heterocycles. The van der Waals surface area contributed by atoms with Crippen molar-refractivity contribution < 1.29 is 18.8 Å². The first-order valence-corrected chi connectivity index (χ1v) is 14.1. The number of aryl methyl sites for hydroxylation is 1. The molecule has 0 saturated heterocycles. The van der Waals surface area contributed by atoms with Gasteiger partial charge in [0.15, 0.2) is 17.4 Å². The zero-order chi connectivity index (χ0) is 18.9. The molecule has 139 valence electrons. The van der Waals surface area contributed by atoms with E-state index in [1.807, 2.05) is 18.2 Å². The molecule has 0 saturated carbocycles. The fraction of sp³-hybridized carbons (Fsp3) is 0.526. The Balaban J connectivity index is 2.25. The van der Waals surface area contributed by atoms with Crippen LogP contribution in [0.4, 0.5) is 0 Å². The third kappa shape index (κ3) is 9.04. The Morgan fingerprint density at radius 3 is 2.60 bits per heavy atom. The molecule has 25 heavy (non-hydrogen) atoms. The second-order valence-corrected chi connectivity index (χ2v) is 13.8. The van der Waals surface area contributed by atoms with E-state index in [1.165, 1.54) is 0 Å². The van der Waals surface area contributed by atoms with Crippen LogP contribution < -0.4 is 0 Å². The molecule has 0 aliphatic carbocycles. The smallest absolute Gasteiger partial charge is 0.333 e. The molecule has 6 heteroatoms. The van der Waals surface area contributed by atoms with Crippen LogP contribution in [0.25, 0.3) is 0 Å². The number of phenols is 1. The Morgan fingerprint density at radius 1 is 1.28 bits per heavy atom. The number of aromatic hydroxyl groups is 1. The van der Waals surface area contributed by atoms with Crippen LogP contribution in [0.15, 0.2) is 36.4 Å². The summed E-state index contributed by atoms with van der Waals surface area (Å²) in [5.74, 6) is 0.0668. The van der Waals surface area contributed by atoms with Gasteiger partial charge >= 0.3 is 5.97 Å². The Labute approximate surface area is 154 Å². The van der Waals surface area contributed by atoms with E-state index in [0.717, 1.165) is 36.9 Å². The lowest BCUT2D eigenvalue weighted by molar-refractivity contribution is -0.138. The molecule has 0 amide bonds. The first kappa shape index (κ1) is 21.7. The molecule has 1 radical (unpaired) electrons. The molecule has 1 aromatic rings. The quantitative estimate of drug-likeness (QED) is 0.262. The van der Waals surface area contributed by atoms with Crippen molar-refractivity contribution in [3.8, 4) is 5.75 Å². The molecular weight excluding hydrogens is 348 g/mol. The minimum atomic E-state index is -1.70. The monoisotopic (exact) mass is 379 g/mol. The van der Waals surface area contributed by atoms with E-state index in [9.17, 15) is 9.90 Å². The molecule has 0 atom stereocenters. The highest BCUT2D eigenvalue weighted by atomic mass is 28.4. The number of esters is 1. The summed E-state index contributed by atoms with van der Waals surface area (Å²) in [5, 5.41) is 9.82. The highest BCUT2D eigenvalue weighted by molar-refractivity contribution is 6.78. The standard InChI is InChI=1S/C19H31O4Si2/c1-16(2)19(21)22-13-9-14-24(3)23-25(4,5)15-8-11-17-10-6-7-12-18(17)20/h6-7,10,12,20H,1,8-9,11,13-15H2,2-5H3. The zero-order valence-corrected chi connectivity index (χ0v) is 17.9. The normalized spacial score (nSPS) is 11.6. The average molecular weight is 380 g/mol. The van der Waals surface area contributed by atoms with Gasteiger partial charge < -0.3 is 14.0 Å². The summed E-state index contributed by atoms with van der Waals surface area (Å²) in [5.41, 5.74) is 1.45. The number of carbonyl (C=O) groups excluding carboxylic acids is 1. The second-order valence-electron chi connectivity index (χ2n) is 7.07. The Bertz CT molecular complexity index is 572. The van der Waals surface area contributed by atoms with Crippen molar-refractivity contribution in [1.82, 2.24) is 0 Å². The van der Waals surface area contributed by atoms with E-state index in [1.54, 1.807) is 13.0 Å². The number of phenolic OH excluding ortho intramolecular Hbond substituents is 1. The summed E-state index contributed by atoms with van der Waals surface area (Å²) < 4.78 is 11.5. The molecule has 1 aromatic carbocycles. The molecule has 0 fully saturated rings. The predicted octanol–water partition coefficient (Wildman–Crippen LogP) is 4.68. The lowest BCUT2D eigenvalue weighted by atomic mass is 10.1. The molecule has 0 unspecified atom stereocenters. The number of carbonyl (C=O) groups is 1. The van der Waals surface area contributed by atoms with Crippen molar-refractivity contribution in [3.63, 3.8) is 0 Å². The third-order valence-corrected chi connectivity index (χ3v) is 10.1. The van der Waals surface area contributed by atoms with Crippen LogP contribution in [0.2, 0.25) is 31.7 Å². The van der Waals surface area contributed by atoms with E-state index in [-0.39, 0.29) is 5.97 Å². The van der Waals surface area contributed by atoms with Crippen LogP contribution in [-0.2, 0) is 20.1 Å². The van der Waals surface area contributed by atoms with E-state index in [0.29, 0.717) is 17.9 Å². The Hall–Kier alpha value is -1.38. The van der Waals surface area contributed by atoms with E-state index in [4.69, 9.17) is 8.85 Å². The highest BCUT2D eigenvalue weighted by Gasteiger charge is 2.25. The van der Waals surface area contributed by atoms with Crippen molar-refractivity contribution in [1.29, 1.82) is 0 Å². The molecule has 0 aromatic heterocycles. The first-order valence-electron chi connectivity index (χ1n) is 8.82. The van der Waals surface area contributed by atoms with Crippen LogP contribution in [0.5, 0.6) is 5.75 Å². The van der Waals surface area contributed by atoms with Crippen LogP contribution in [0.3, 0.4) is 0 Å². The van der Waals surface area contributed by atoms with E-state index in [2.05, 4.69) is 26.2 Å². The summed E-state index contributed by atoms with van der Waals surface area (Å²) >= 11 is 0. The summed E-state index contributed by atoms with van der Waals surface area (Å²) in [6, 6.07) is 9.58. The van der Waals surface area contributed by atoms with Crippen molar-refractivity contribution in [2.24, 2.45) is 0 Å². The maximum absolute atomic E-state index is 11.3. The van der Waals surface area contributed by atoms with Crippen molar-refractivity contribution in [2.45, 2.75) is 57.9 Å². The highest BCUT2D eigenvalue weighted by Crippen LogP contribution is 2.22. The van der Waals surface area contributed by atoms with Gasteiger partial charge in [0.05, 0.1) is 6.61 Å². The van der Waals surface area contributed by atoms with Gasteiger partial charge in [0.25, 0.3) is 0 Å².